The molecule has 0 fully saturated rings. The third kappa shape index (κ3) is 4.07. The summed E-state index contributed by atoms with van der Waals surface area (Å²) >= 11 is 1.50. The summed E-state index contributed by atoms with van der Waals surface area (Å²) in [6.45, 7) is 0. The molecule has 0 saturated heterocycles. The van der Waals surface area contributed by atoms with Crippen LogP contribution < -0.4 is 5.32 Å². The maximum atomic E-state index is 13.0. The molecular formula is C11H12FNO3S. The lowest BCUT2D eigenvalue weighted by Crippen LogP contribution is -2.15. The van der Waals surface area contributed by atoms with Crippen LogP contribution in [0.1, 0.15) is 16.8 Å². The SMILES string of the molecule is CSCCC(=O)Nc1cc(F)ccc1C(=O)O. The molecule has 0 aliphatic heterocycles. The molecule has 1 aromatic rings. The van der Waals surface area contributed by atoms with Crippen LogP contribution in [0.2, 0.25) is 0 Å². The van der Waals surface area contributed by atoms with Gasteiger partial charge in [0.1, 0.15) is 5.82 Å². The van der Waals surface area contributed by atoms with Crippen LogP contribution in [0, 0.1) is 5.82 Å². The Bertz CT molecular complexity index is 437. The van der Waals surface area contributed by atoms with Gasteiger partial charge < -0.3 is 10.4 Å². The van der Waals surface area contributed by atoms with E-state index in [9.17, 15) is 14.0 Å². The minimum Gasteiger partial charge on any atom is -0.478 e. The van der Waals surface area contributed by atoms with Gasteiger partial charge >= 0.3 is 5.97 Å². The van der Waals surface area contributed by atoms with E-state index in [0.717, 1.165) is 18.2 Å². The number of aromatic carboxylic acids is 1. The highest BCUT2D eigenvalue weighted by molar-refractivity contribution is 7.98. The summed E-state index contributed by atoms with van der Waals surface area (Å²) in [5.74, 6) is -1.49. The van der Waals surface area contributed by atoms with E-state index in [1.54, 1.807) is 0 Å². The van der Waals surface area contributed by atoms with Gasteiger partial charge in [0.25, 0.3) is 0 Å². The van der Waals surface area contributed by atoms with Crippen LogP contribution in [0.4, 0.5) is 10.1 Å². The van der Waals surface area contributed by atoms with Crippen molar-refractivity contribution < 1.29 is 19.1 Å². The maximum absolute atomic E-state index is 13.0. The van der Waals surface area contributed by atoms with Crippen molar-refractivity contribution in [2.75, 3.05) is 17.3 Å². The van der Waals surface area contributed by atoms with Gasteiger partial charge in [-0.3, -0.25) is 4.79 Å². The van der Waals surface area contributed by atoms with Crippen LogP contribution in [-0.2, 0) is 4.79 Å². The zero-order valence-electron chi connectivity index (χ0n) is 9.20. The zero-order valence-corrected chi connectivity index (χ0v) is 10.0. The van der Waals surface area contributed by atoms with Crippen LogP contribution in [0.3, 0.4) is 0 Å². The summed E-state index contributed by atoms with van der Waals surface area (Å²) in [6, 6.07) is 3.17. The largest absolute Gasteiger partial charge is 0.478 e. The highest BCUT2D eigenvalue weighted by Gasteiger charge is 2.13. The van der Waals surface area contributed by atoms with Crippen molar-refractivity contribution in [2.24, 2.45) is 0 Å². The fraction of sp³-hybridized carbons (Fsp3) is 0.273. The first-order valence-electron chi connectivity index (χ1n) is 4.86. The van der Waals surface area contributed by atoms with E-state index in [4.69, 9.17) is 5.11 Å². The van der Waals surface area contributed by atoms with E-state index in [1.807, 2.05) is 6.26 Å². The van der Waals surface area contributed by atoms with Crippen LogP contribution in [-0.4, -0.2) is 29.0 Å². The molecule has 1 amide bonds. The molecular weight excluding hydrogens is 245 g/mol. The second-order valence-electron chi connectivity index (χ2n) is 3.29. The molecule has 6 heteroatoms. The Balaban J connectivity index is 2.85. The van der Waals surface area contributed by atoms with Crippen molar-refractivity contribution >= 4 is 29.3 Å². The van der Waals surface area contributed by atoms with Crippen molar-refractivity contribution in [3.8, 4) is 0 Å². The zero-order chi connectivity index (χ0) is 12.8. The number of nitrogens with one attached hydrogen (secondary N) is 1. The molecule has 0 aliphatic rings. The van der Waals surface area contributed by atoms with Gasteiger partial charge in [-0.1, -0.05) is 0 Å². The fourth-order valence-electron chi connectivity index (χ4n) is 1.21. The summed E-state index contributed by atoms with van der Waals surface area (Å²) in [5, 5.41) is 11.3. The van der Waals surface area contributed by atoms with Crippen LogP contribution in [0.15, 0.2) is 18.2 Å². The lowest BCUT2D eigenvalue weighted by molar-refractivity contribution is -0.115. The minimum absolute atomic E-state index is 0.0106. The lowest BCUT2D eigenvalue weighted by Gasteiger charge is -2.08. The average Bonchev–Trinajstić information content (AvgIpc) is 2.26. The predicted octanol–water partition coefficient (Wildman–Crippen LogP) is 2.22. The van der Waals surface area contributed by atoms with Gasteiger partial charge in [-0.25, -0.2) is 9.18 Å². The monoisotopic (exact) mass is 257 g/mol. The molecule has 0 heterocycles. The van der Waals surface area contributed by atoms with E-state index in [1.165, 1.54) is 11.8 Å². The summed E-state index contributed by atoms with van der Waals surface area (Å²) in [7, 11) is 0. The standard InChI is InChI=1S/C11H12FNO3S/c1-17-5-4-10(14)13-9-6-7(12)2-3-8(9)11(15)16/h2-3,6H,4-5H2,1H3,(H,13,14)(H,15,16). The van der Waals surface area contributed by atoms with E-state index in [2.05, 4.69) is 5.32 Å². The molecule has 0 radical (unpaired) electrons. The number of carbonyl (C=O) groups is 2. The fourth-order valence-corrected chi connectivity index (χ4v) is 1.60. The Kier molecular flexibility index (Phi) is 4.96. The number of anilines is 1. The Morgan fingerprint density at radius 3 is 2.76 bits per heavy atom. The number of hydrogen-bond donors (Lipinski definition) is 2. The number of hydrogen-bond acceptors (Lipinski definition) is 3. The minimum atomic E-state index is -1.20. The van der Waals surface area contributed by atoms with Crippen molar-refractivity contribution in [2.45, 2.75) is 6.42 Å². The second-order valence-corrected chi connectivity index (χ2v) is 4.27. The van der Waals surface area contributed by atoms with Crippen LogP contribution in [0.5, 0.6) is 0 Å². The van der Waals surface area contributed by atoms with Crippen molar-refractivity contribution in [3.05, 3.63) is 29.6 Å². The van der Waals surface area contributed by atoms with Crippen molar-refractivity contribution in [1.29, 1.82) is 0 Å². The Labute approximate surface area is 102 Å². The summed E-state index contributed by atoms with van der Waals surface area (Å²) in [4.78, 5) is 22.3. The van der Waals surface area contributed by atoms with E-state index in [0.29, 0.717) is 5.75 Å². The molecule has 0 spiro atoms. The van der Waals surface area contributed by atoms with E-state index in [-0.39, 0.29) is 23.6 Å². The number of carbonyl (C=O) groups excluding carboxylic acids is 1. The molecule has 4 nitrogen and oxygen atoms in total. The molecule has 0 atom stereocenters. The highest BCUT2D eigenvalue weighted by Crippen LogP contribution is 2.17. The first-order chi connectivity index (χ1) is 8.04. The van der Waals surface area contributed by atoms with E-state index < -0.39 is 11.8 Å². The number of carboxylic acid groups (broad SMARTS) is 1. The quantitative estimate of drug-likeness (QED) is 0.848. The number of thioether (sulfide) groups is 1. The molecule has 17 heavy (non-hydrogen) atoms. The first kappa shape index (κ1) is 13.5. The van der Waals surface area contributed by atoms with Crippen molar-refractivity contribution in [1.82, 2.24) is 0 Å². The third-order valence-electron chi connectivity index (χ3n) is 2.02. The van der Waals surface area contributed by atoms with Crippen LogP contribution in [0.25, 0.3) is 0 Å². The van der Waals surface area contributed by atoms with Gasteiger partial charge in [-0.15, -0.1) is 0 Å². The third-order valence-corrected chi connectivity index (χ3v) is 2.63. The average molecular weight is 257 g/mol. The molecule has 0 unspecified atom stereocenters. The number of amides is 1. The number of carboxylic acids is 1. The predicted molar refractivity (Wildman–Crippen MR) is 65.0 cm³/mol. The molecule has 1 rings (SSSR count). The molecule has 2 N–H and O–H groups in total. The van der Waals surface area contributed by atoms with Gasteiger partial charge in [-0.2, -0.15) is 11.8 Å². The molecule has 0 aromatic heterocycles. The number of rotatable bonds is 5. The van der Waals surface area contributed by atoms with Crippen molar-refractivity contribution in [3.63, 3.8) is 0 Å². The first-order valence-corrected chi connectivity index (χ1v) is 6.25. The Hall–Kier alpha value is -1.56. The second kappa shape index (κ2) is 6.24. The smallest absolute Gasteiger partial charge is 0.337 e. The molecule has 0 saturated carbocycles. The van der Waals surface area contributed by atoms with Gasteiger partial charge in [0.15, 0.2) is 0 Å². The van der Waals surface area contributed by atoms with Gasteiger partial charge in [0.2, 0.25) is 5.91 Å². The Morgan fingerprint density at radius 1 is 1.47 bits per heavy atom. The van der Waals surface area contributed by atoms with Gasteiger partial charge in [-0.05, 0) is 24.5 Å². The molecule has 0 bridgehead atoms. The maximum Gasteiger partial charge on any atom is 0.337 e. The van der Waals surface area contributed by atoms with Gasteiger partial charge in [0.05, 0.1) is 11.3 Å². The number of benzene rings is 1. The van der Waals surface area contributed by atoms with Gasteiger partial charge in [0, 0.05) is 12.2 Å². The molecule has 92 valence electrons. The molecule has 0 aliphatic carbocycles. The highest BCUT2D eigenvalue weighted by atomic mass is 32.2. The lowest BCUT2D eigenvalue weighted by atomic mass is 10.1. The summed E-state index contributed by atoms with van der Waals surface area (Å²) in [6.07, 6.45) is 2.12. The van der Waals surface area contributed by atoms with E-state index >= 15 is 0 Å². The number of halogens is 1. The summed E-state index contributed by atoms with van der Waals surface area (Å²) < 4.78 is 13.0. The normalized spacial score (nSPS) is 10.0. The molecule has 1 aromatic carbocycles. The summed E-state index contributed by atoms with van der Waals surface area (Å²) in [5.41, 5.74) is -0.132. The van der Waals surface area contributed by atoms with Crippen LogP contribution >= 0.6 is 11.8 Å². The topological polar surface area (TPSA) is 66.4 Å². The Morgan fingerprint density at radius 2 is 2.18 bits per heavy atom.